The van der Waals surface area contributed by atoms with Crippen molar-refractivity contribution in [2.45, 2.75) is 79.4 Å². The Labute approximate surface area is 172 Å². The van der Waals surface area contributed by atoms with Crippen molar-refractivity contribution in [3.05, 3.63) is 35.9 Å². The topological polar surface area (TPSA) is 27.7 Å². The van der Waals surface area contributed by atoms with Crippen molar-refractivity contribution in [1.82, 2.24) is 0 Å². The molecule has 0 N–H and O–H groups in total. The molecule has 2 rings (SSSR count). The molecule has 1 atom stereocenters. The lowest BCUT2D eigenvalue weighted by molar-refractivity contribution is -0.100. The van der Waals surface area contributed by atoms with Crippen LogP contribution >= 0.6 is 0 Å². The monoisotopic (exact) mass is 388 g/mol. The number of hydrogen-bond donors (Lipinski definition) is 0. The molecule has 3 nitrogen and oxygen atoms in total. The van der Waals surface area contributed by atoms with Crippen molar-refractivity contribution < 1.29 is 14.2 Å². The van der Waals surface area contributed by atoms with Crippen LogP contribution in [0.4, 0.5) is 0 Å². The molecule has 1 saturated carbocycles. The minimum atomic E-state index is -0.220. The molecule has 0 radical (unpaired) electrons. The SMILES string of the molecule is C/C=C(/c1ccc(OC(CCC2(C)CCCC2)OCCOC)cc1)C(C)(C)C. The van der Waals surface area contributed by atoms with Crippen LogP contribution in [0.15, 0.2) is 30.3 Å². The summed E-state index contributed by atoms with van der Waals surface area (Å²) in [7, 11) is 1.70. The van der Waals surface area contributed by atoms with Crippen molar-refractivity contribution in [3.63, 3.8) is 0 Å². The van der Waals surface area contributed by atoms with Gasteiger partial charge in [0.25, 0.3) is 0 Å². The van der Waals surface area contributed by atoms with Crippen LogP contribution in [0.5, 0.6) is 5.75 Å². The highest BCUT2D eigenvalue weighted by Gasteiger charge is 2.29. The van der Waals surface area contributed by atoms with Crippen LogP contribution < -0.4 is 4.74 Å². The van der Waals surface area contributed by atoms with E-state index in [2.05, 4.69) is 65.0 Å². The third-order valence-electron chi connectivity index (χ3n) is 5.91. The maximum absolute atomic E-state index is 6.22. The third kappa shape index (κ3) is 6.93. The molecule has 0 amide bonds. The summed E-state index contributed by atoms with van der Waals surface area (Å²) in [4.78, 5) is 0. The Morgan fingerprint density at radius 2 is 1.75 bits per heavy atom. The van der Waals surface area contributed by atoms with Crippen molar-refractivity contribution in [1.29, 1.82) is 0 Å². The summed E-state index contributed by atoms with van der Waals surface area (Å²) < 4.78 is 17.3. The van der Waals surface area contributed by atoms with Gasteiger partial charge in [0.05, 0.1) is 13.2 Å². The zero-order chi connectivity index (χ0) is 20.6. The third-order valence-corrected chi connectivity index (χ3v) is 5.91. The summed E-state index contributed by atoms with van der Waals surface area (Å²) in [5.74, 6) is 0.868. The molecule has 1 aromatic carbocycles. The predicted octanol–water partition coefficient (Wildman–Crippen LogP) is 6.86. The molecular weight excluding hydrogens is 348 g/mol. The van der Waals surface area contributed by atoms with Gasteiger partial charge in [0.15, 0.2) is 6.29 Å². The molecular formula is C25H40O3. The summed E-state index contributed by atoms with van der Waals surface area (Å²) in [6.45, 7) is 12.4. The molecule has 1 aliphatic carbocycles. The largest absolute Gasteiger partial charge is 0.465 e. The van der Waals surface area contributed by atoms with E-state index in [1.165, 1.54) is 36.8 Å². The lowest BCUT2D eigenvalue weighted by Gasteiger charge is -2.27. The van der Waals surface area contributed by atoms with Crippen LogP contribution in [0, 0.1) is 10.8 Å². The predicted molar refractivity (Wildman–Crippen MR) is 118 cm³/mol. The zero-order valence-electron chi connectivity index (χ0n) is 18.8. The van der Waals surface area contributed by atoms with Crippen LogP contribution in [0.1, 0.15) is 78.7 Å². The first-order valence-electron chi connectivity index (χ1n) is 10.8. The van der Waals surface area contributed by atoms with Crippen molar-refractivity contribution in [3.8, 4) is 5.75 Å². The lowest BCUT2D eigenvalue weighted by Crippen LogP contribution is -2.25. The van der Waals surface area contributed by atoms with Gasteiger partial charge in [-0.2, -0.15) is 0 Å². The van der Waals surface area contributed by atoms with Gasteiger partial charge >= 0.3 is 0 Å². The van der Waals surface area contributed by atoms with Crippen molar-refractivity contribution >= 4 is 5.57 Å². The minimum absolute atomic E-state index is 0.125. The number of benzene rings is 1. The van der Waals surface area contributed by atoms with Gasteiger partial charge in [0.2, 0.25) is 0 Å². The van der Waals surface area contributed by atoms with E-state index in [0.717, 1.165) is 18.6 Å². The lowest BCUT2D eigenvalue weighted by atomic mass is 9.82. The van der Waals surface area contributed by atoms with Crippen LogP contribution in [0.3, 0.4) is 0 Å². The summed E-state index contributed by atoms with van der Waals surface area (Å²) >= 11 is 0. The Kier molecular flexibility index (Phi) is 8.57. The Hall–Kier alpha value is -1.32. The van der Waals surface area contributed by atoms with Gasteiger partial charge in [0.1, 0.15) is 5.75 Å². The number of allylic oxidation sites excluding steroid dienone is 2. The highest BCUT2D eigenvalue weighted by molar-refractivity contribution is 5.69. The molecule has 0 spiro atoms. The second-order valence-electron chi connectivity index (χ2n) is 9.44. The van der Waals surface area contributed by atoms with E-state index in [9.17, 15) is 0 Å². The first kappa shape index (κ1) is 23.0. The average molecular weight is 389 g/mol. The van der Waals surface area contributed by atoms with Crippen LogP contribution in [-0.4, -0.2) is 26.6 Å². The van der Waals surface area contributed by atoms with Gasteiger partial charge < -0.3 is 14.2 Å². The fraction of sp³-hybridized carbons (Fsp3) is 0.680. The second kappa shape index (κ2) is 10.5. The van der Waals surface area contributed by atoms with E-state index >= 15 is 0 Å². The smallest absolute Gasteiger partial charge is 0.199 e. The molecule has 0 bridgehead atoms. The first-order chi connectivity index (χ1) is 13.3. The van der Waals surface area contributed by atoms with Gasteiger partial charge in [-0.05, 0) is 60.3 Å². The highest BCUT2D eigenvalue weighted by Crippen LogP contribution is 2.42. The number of hydrogen-bond acceptors (Lipinski definition) is 3. The van der Waals surface area contributed by atoms with Crippen LogP contribution in [-0.2, 0) is 9.47 Å². The van der Waals surface area contributed by atoms with Crippen LogP contribution in [0.25, 0.3) is 5.57 Å². The van der Waals surface area contributed by atoms with Gasteiger partial charge in [-0.1, -0.05) is 58.7 Å². The van der Waals surface area contributed by atoms with Crippen molar-refractivity contribution in [2.75, 3.05) is 20.3 Å². The van der Waals surface area contributed by atoms with E-state index < -0.39 is 0 Å². The average Bonchev–Trinajstić information content (AvgIpc) is 3.07. The van der Waals surface area contributed by atoms with Gasteiger partial charge in [-0.15, -0.1) is 0 Å². The van der Waals surface area contributed by atoms with Crippen LogP contribution in [0.2, 0.25) is 0 Å². The summed E-state index contributed by atoms with van der Waals surface area (Å²) in [5.41, 5.74) is 3.17. The maximum Gasteiger partial charge on any atom is 0.199 e. The number of methoxy groups -OCH3 is 1. The van der Waals surface area contributed by atoms with Crippen molar-refractivity contribution in [2.24, 2.45) is 10.8 Å². The molecule has 1 aromatic rings. The Morgan fingerprint density at radius 1 is 1.11 bits per heavy atom. The van der Waals surface area contributed by atoms with Gasteiger partial charge in [-0.3, -0.25) is 0 Å². The highest BCUT2D eigenvalue weighted by atomic mass is 16.7. The molecule has 158 valence electrons. The second-order valence-corrected chi connectivity index (χ2v) is 9.44. The summed E-state index contributed by atoms with van der Waals surface area (Å²) in [5, 5.41) is 0. The van der Waals surface area contributed by atoms with E-state index in [4.69, 9.17) is 14.2 Å². The number of rotatable bonds is 10. The molecule has 0 aliphatic heterocycles. The van der Waals surface area contributed by atoms with E-state index in [-0.39, 0.29) is 11.7 Å². The minimum Gasteiger partial charge on any atom is -0.465 e. The first-order valence-corrected chi connectivity index (χ1v) is 10.8. The maximum atomic E-state index is 6.22. The Balaban J connectivity index is 2.01. The fourth-order valence-corrected chi connectivity index (χ4v) is 4.28. The molecule has 1 unspecified atom stereocenters. The van der Waals surface area contributed by atoms with Gasteiger partial charge in [0, 0.05) is 13.5 Å². The molecule has 28 heavy (non-hydrogen) atoms. The summed E-state index contributed by atoms with van der Waals surface area (Å²) in [6.07, 6.45) is 9.41. The van der Waals surface area contributed by atoms with E-state index in [1.807, 2.05) is 0 Å². The van der Waals surface area contributed by atoms with Gasteiger partial charge in [-0.25, -0.2) is 0 Å². The van der Waals surface area contributed by atoms with E-state index in [0.29, 0.717) is 18.6 Å². The zero-order valence-corrected chi connectivity index (χ0v) is 18.8. The molecule has 1 fully saturated rings. The Morgan fingerprint density at radius 3 is 2.29 bits per heavy atom. The normalized spacial score (nSPS) is 18.3. The van der Waals surface area contributed by atoms with E-state index in [1.54, 1.807) is 7.11 Å². The molecule has 0 aromatic heterocycles. The molecule has 3 heteroatoms. The fourth-order valence-electron chi connectivity index (χ4n) is 4.28. The molecule has 1 aliphatic rings. The quantitative estimate of drug-likeness (QED) is 0.323. The molecule has 0 saturated heterocycles. The number of ether oxygens (including phenoxy) is 3. The standard InChI is InChI=1S/C25H40O3/c1-7-22(24(2,3)4)20-10-12-21(13-11-20)28-23(27-19-18-26-6)14-17-25(5)15-8-9-16-25/h7,10-13,23H,8-9,14-19H2,1-6H3/b22-7-. The Bertz CT molecular complexity index is 604. The molecule has 0 heterocycles. The summed E-state index contributed by atoms with van der Waals surface area (Å²) in [6, 6.07) is 8.43.